The summed E-state index contributed by atoms with van der Waals surface area (Å²) in [7, 11) is 0. The summed E-state index contributed by atoms with van der Waals surface area (Å²) >= 11 is 0. The van der Waals surface area contributed by atoms with Crippen LogP contribution in [0.3, 0.4) is 0 Å². The van der Waals surface area contributed by atoms with E-state index in [0.29, 0.717) is 30.5 Å². The highest BCUT2D eigenvalue weighted by molar-refractivity contribution is 5.97. The fourth-order valence-electron chi connectivity index (χ4n) is 3.66. The second-order valence-corrected chi connectivity index (χ2v) is 7.77. The normalized spacial score (nSPS) is 16.2. The highest BCUT2D eigenvalue weighted by Gasteiger charge is 2.38. The van der Waals surface area contributed by atoms with Crippen molar-refractivity contribution in [2.45, 2.75) is 32.0 Å². The van der Waals surface area contributed by atoms with Crippen LogP contribution in [0, 0.1) is 11.7 Å². The molecule has 1 heterocycles. The van der Waals surface area contributed by atoms with Gasteiger partial charge in [0.1, 0.15) is 5.82 Å². The molecule has 1 fully saturated rings. The van der Waals surface area contributed by atoms with E-state index in [1.54, 1.807) is 18.2 Å². The van der Waals surface area contributed by atoms with Gasteiger partial charge in [0.05, 0.1) is 11.1 Å². The van der Waals surface area contributed by atoms with Gasteiger partial charge in [0, 0.05) is 25.2 Å². The number of nitrogens with zero attached hydrogens (tertiary/aromatic N) is 1. The van der Waals surface area contributed by atoms with Crippen molar-refractivity contribution >= 4 is 11.8 Å². The van der Waals surface area contributed by atoms with Crippen molar-refractivity contribution in [3.8, 4) is 0 Å². The summed E-state index contributed by atoms with van der Waals surface area (Å²) in [5, 5.41) is 2.89. The molecule has 2 aliphatic rings. The molecule has 8 heteroatoms. The third kappa shape index (κ3) is 4.17. The number of fused-ring (bicyclic) bond motifs is 1. The van der Waals surface area contributed by atoms with Gasteiger partial charge in [0.25, 0.3) is 11.8 Å². The molecule has 0 spiro atoms. The van der Waals surface area contributed by atoms with Gasteiger partial charge in [-0.25, -0.2) is 4.39 Å². The zero-order valence-electron chi connectivity index (χ0n) is 16.1. The van der Waals surface area contributed by atoms with Crippen LogP contribution in [0.5, 0.6) is 0 Å². The van der Waals surface area contributed by atoms with Crippen LogP contribution in [0.2, 0.25) is 0 Å². The van der Waals surface area contributed by atoms with Gasteiger partial charge in [0.2, 0.25) is 0 Å². The summed E-state index contributed by atoms with van der Waals surface area (Å²) in [5.41, 5.74) is -0.117. The fraction of sp³-hybridized carbons (Fsp3) is 0.364. The molecule has 0 unspecified atom stereocenters. The summed E-state index contributed by atoms with van der Waals surface area (Å²) in [5.74, 6) is -1.78. The predicted molar refractivity (Wildman–Crippen MR) is 101 cm³/mol. The van der Waals surface area contributed by atoms with Crippen LogP contribution in [0.25, 0.3) is 0 Å². The Morgan fingerprint density at radius 2 is 1.87 bits per heavy atom. The zero-order chi connectivity index (χ0) is 21.5. The fourth-order valence-corrected chi connectivity index (χ4v) is 3.66. The van der Waals surface area contributed by atoms with Gasteiger partial charge in [-0.05, 0) is 60.6 Å². The number of carbonyl (C=O) groups is 2. The molecular formula is C22H20F4N2O2. The van der Waals surface area contributed by atoms with Crippen molar-refractivity contribution in [1.82, 2.24) is 10.2 Å². The van der Waals surface area contributed by atoms with E-state index in [4.69, 9.17) is 0 Å². The number of carbonyl (C=O) groups excluding carboxylic acids is 2. The van der Waals surface area contributed by atoms with E-state index in [1.807, 2.05) is 0 Å². The zero-order valence-corrected chi connectivity index (χ0v) is 16.1. The van der Waals surface area contributed by atoms with Crippen molar-refractivity contribution in [2.75, 3.05) is 13.1 Å². The molecule has 30 heavy (non-hydrogen) atoms. The molecular weight excluding hydrogens is 400 g/mol. The van der Waals surface area contributed by atoms with Crippen LogP contribution >= 0.6 is 0 Å². The monoisotopic (exact) mass is 420 g/mol. The highest BCUT2D eigenvalue weighted by atomic mass is 19.4. The molecule has 0 atom stereocenters. The van der Waals surface area contributed by atoms with Crippen molar-refractivity contribution in [3.05, 3.63) is 70.0 Å². The minimum absolute atomic E-state index is 0.0593. The lowest BCUT2D eigenvalue weighted by Crippen LogP contribution is -2.37. The maximum atomic E-state index is 14.2. The van der Waals surface area contributed by atoms with Gasteiger partial charge in [-0.15, -0.1) is 0 Å². The van der Waals surface area contributed by atoms with Gasteiger partial charge in [-0.3, -0.25) is 9.59 Å². The lowest BCUT2D eigenvalue weighted by atomic mass is 9.96. The number of halogens is 4. The Labute approximate surface area is 170 Å². The van der Waals surface area contributed by atoms with Crippen molar-refractivity contribution in [1.29, 1.82) is 0 Å². The van der Waals surface area contributed by atoms with Gasteiger partial charge < -0.3 is 10.2 Å². The quantitative estimate of drug-likeness (QED) is 0.755. The van der Waals surface area contributed by atoms with Crippen LogP contribution in [0.15, 0.2) is 36.4 Å². The number of hydrogen-bond acceptors (Lipinski definition) is 2. The first kappa shape index (κ1) is 20.4. The molecule has 0 bridgehead atoms. The molecule has 2 amide bonds. The minimum atomic E-state index is -4.83. The summed E-state index contributed by atoms with van der Waals surface area (Å²) in [6.45, 7) is 0.858. The van der Waals surface area contributed by atoms with Gasteiger partial charge in [0.15, 0.2) is 0 Å². The van der Waals surface area contributed by atoms with Crippen molar-refractivity contribution in [3.63, 3.8) is 0 Å². The van der Waals surface area contributed by atoms with Crippen LogP contribution in [0.4, 0.5) is 17.6 Å². The third-order valence-corrected chi connectivity index (χ3v) is 5.55. The average Bonchev–Trinajstić information content (AvgIpc) is 3.54. The van der Waals surface area contributed by atoms with Crippen LogP contribution in [-0.2, 0) is 19.1 Å². The summed E-state index contributed by atoms with van der Waals surface area (Å²) < 4.78 is 53.9. The lowest BCUT2D eigenvalue weighted by molar-refractivity contribution is -0.138. The number of rotatable bonds is 4. The molecule has 2 aromatic carbocycles. The SMILES string of the molecule is O=C(NCC1CC1)c1ccc2c(c1)CCN(C(=O)c1c(F)cccc1C(F)(F)F)C2. The molecule has 4 nitrogen and oxygen atoms in total. The summed E-state index contributed by atoms with van der Waals surface area (Å²) in [6.07, 6.45) is -2.19. The van der Waals surface area contributed by atoms with E-state index in [9.17, 15) is 27.2 Å². The van der Waals surface area contributed by atoms with E-state index in [2.05, 4.69) is 5.32 Å². The first-order valence-corrected chi connectivity index (χ1v) is 9.79. The molecule has 1 saturated carbocycles. The van der Waals surface area contributed by atoms with E-state index in [-0.39, 0.29) is 19.0 Å². The minimum Gasteiger partial charge on any atom is -0.352 e. The summed E-state index contributed by atoms with van der Waals surface area (Å²) in [4.78, 5) is 26.2. The van der Waals surface area contributed by atoms with Gasteiger partial charge in [-0.2, -0.15) is 13.2 Å². The average molecular weight is 420 g/mol. The molecule has 0 aromatic heterocycles. The van der Waals surface area contributed by atoms with E-state index >= 15 is 0 Å². The maximum Gasteiger partial charge on any atom is 0.417 e. The van der Waals surface area contributed by atoms with Gasteiger partial charge in [-0.1, -0.05) is 12.1 Å². The van der Waals surface area contributed by atoms with Crippen LogP contribution in [0.1, 0.15) is 50.2 Å². The van der Waals surface area contributed by atoms with Crippen LogP contribution in [-0.4, -0.2) is 29.8 Å². The number of hydrogen-bond donors (Lipinski definition) is 1. The second kappa shape index (κ2) is 7.74. The highest BCUT2D eigenvalue weighted by Crippen LogP contribution is 2.34. The molecule has 2 aromatic rings. The number of amides is 2. The Morgan fingerprint density at radius 3 is 2.57 bits per heavy atom. The standard InChI is InChI=1S/C22H20F4N2O2/c23-18-3-1-2-17(22(24,25)26)19(18)21(30)28-9-8-14-10-15(6-7-16(14)12-28)20(29)27-11-13-4-5-13/h1-3,6-7,10,13H,4-5,8-9,11-12H2,(H,27,29). The predicted octanol–water partition coefficient (Wildman–Crippen LogP) is 4.18. The second-order valence-electron chi connectivity index (χ2n) is 7.77. The molecule has 158 valence electrons. The van der Waals surface area contributed by atoms with E-state index in [0.717, 1.165) is 36.1 Å². The lowest BCUT2D eigenvalue weighted by Gasteiger charge is -2.30. The Balaban J connectivity index is 1.52. The smallest absolute Gasteiger partial charge is 0.352 e. The molecule has 0 saturated heterocycles. The topological polar surface area (TPSA) is 49.4 Å². The molecule has 4 rings (SSSR count). The molecule has 1 aliphatic carbocycles. The van der Waals surface area contributed by atoms with Gasteiger partial charge >= 0.3 is 6.18 Å². The van der Waals surface area contributed by atoms with Crippen LogP contribution < -0.4 is 5.32 Å². The number of alkyl halides is 3. The first-order valence-electron chi connectivity index (χ1n) is 9.79. The maximum absolute atomic E-state index is 14.2. The van der Waals surface area contributed by atoms with Crippen molar-refractivity contribution in [2.24, 2.45) is 5.92 Å². The summed E-state index contributed by atoms with van der Waals surface area (Å²) in [6, 6.07) is 7.60. The third-order valence-electron chi connectivity index (χ3n) is 5.55. The molecule has 0 radical (unpaired) electrons. The van der Waals surface area contributed by atoms with E-state index < -0.39 is 29.0 Å². The number of benzene rings is 2. The Morgan fingerprint density at radius 1 is 1.10 bits per heavy atom. The number of nitrogens with one attached hydrogen (secondary N) is 1. The molecule has 1 N–H and O–H groups in total. The first-order chi connectivity index (χ1) is 14.2. The van der Waals surface area contributed by atoms with Crippen molar-refractivity contribution < 1.29 is 27.2 Å². The largest absolute Gasteiger partial charge is 0.417 e. The molecule has 1 aliphatic heterocycles. The Kier molecular flexibility index (Phi) is 5.26. The van der Waals surface area contributed by atoms with E-state index in [1.165, 1.54) is 4.90 Å². The Hall–Kier alpha value is -2.90. The Bertz CT molecular complexity index is 999.